The Kier molecular flexibility index (Phi) is 7.02. The number of carbonyl (C=O) groups is 1. The molecule has 0 aliphatic carbocycles. The van der Waals surface area contributed by atoms with Gasteiger partial charge in [0.2, 0.25) is 0 Å². The summed E-state index contributed by atoms with van der Waals surface area (Å²) < 4.78 is 0.208. The van der Waals surface area contributed by atoms with Gasteiger partial charge in [0.05, 0.1) is 0 Å². The van der Waals surface area contributed by atoms with E-state index in [1.165, 1.54) is 0 Å². The highest BCUT2D eigenvalue weighted by molar-refractivity contribution is 8.77. The van der Waals surface area contributed by atoms with E-state index in [0.29, 0.717) is 11.0 Å². The van der Waals surface area contributed by atoms with Crippen LogP contribution in [-0.2, 0) is 4.79 Å². The van der Waals surface area contributed by atoms with Crippen molar-refractivity contribution in [3.05, 3.63) is 0 Å². The zero-order valence-electron chi connectivity index (χ0n) is 10.8. The lowest BCUT2D eigenvalue weighted by Crippen LogP contribution is -2.17. The minimum absolute atomic E-state index is 0.184. The average Bonchev–Trinajstić information content (AvgIpc) is 2.11. The summed E-state index contributed by atoms with van der Waals surface area (Å²) in [4.78, 5) is 11.5. The summed E-state index contributed by atoms with van der Waals surface area (Å²) in [5.74, 6) is 0.571. The van der Waals surface area contributed by atoms with Crippen LogP contribution in [0.1, 0.15) is 54.4 Å². The number of Topliss-reactive ketones (excluding diaryl/α,β-unsaturated/α-hetero) is 1. The van der Waals surface area contributed by atoms with Crippen LogP contribution < -0.4 is 0 Å². The molecule has 0 aliphatic rings. The smallest absolute Gasteiger partial charge is 0.135 e. The molecule has 0 aromatic heterocycles. The van der Waals surface area contributed by atoms with Crippen molar-refractivity contribution in [1.29, 1.82) is 0 Å². The number of hydrogen-bond donors (Lipinski definition) is 0. The van der Waals surface area contributed by atoms with Gasteiger partial charge in [-0.1, -0.05) is 49.3 Å². The number of rotatable bonds is 7. The van der Waals surface area contributed by atoms with E-state index < -0.39 is 0 Å². The molecule has 0 amide bonds. The van der Waals surface area contributed by atoms with Crippen LogP contribution >= 0.6 is 21.6 Å². The fraction of sp³-hybridized carbons (Fsp3) is 0.917. The van der Waals surface area contributed by atoms with Crippen molar-refractivity contribution in [2.45, 2.75) is 64.4 Å². The lowest BCUT2D eigenvalue weighted by molar-refractivity contribution is -0.122. The van der Waals surface area contributed by atoms with Gasteiger partial charge < -0.3 is 0 Å². The summed E-state index contributed by atoms with van der Waals surface area (Å²) in [6.07, 6.45) is 1.70. The van der Waals surface area contributed by atoms with Crippen molar-refractivity contribution in [1.82, 2.24) is 0 Å². The molecule has 15 heavy (non-hydrogen) atoms. The summed E-state index contributed by atoms with van der Waals surface area (Å²) >= 11 is 0. The van der Waals surface area contributed by atoms with Crippen LogP contribution in [0.25, 0.3) is 0 Å². The van der Waals surface area contributed by atoms with Crippen molar-refractivity contribution in [2.75, 3.05) is 0 Å². The molecule has 1 nitrogen and oxygen atoms in total. The van der Waals surface area contributed by atoms with E-state index in [-0.39, 0.29) is 10.7 Å². The van der Waals surface area contributed by atoms with Crippen molar-refractivity contribution in [3.63, 3.8) is 0 Å². The van der Waals surface area contributed by atoms with Crippen LogP contribution in [0.3, 0.4) is 0 Å². The van der Waals surface area contributed by atoms with Crippen molar-refractivity contribution < 1.29 is 4.79 Å². The first-order chi connectivity index (χ1) is 6.74. The number of ketones is 1. The zero-order valence-corrected chi connectivity index (χ0v) is 12.4. The zero-order chi connectivity index (χ0) is 12.1. The Morgan fingerprint density at radius 1 is 1.20 bits per heavy atom. The summed E-state index contributed by atoms with van der Waals surface area (Å²) in [7, 11) is 3.81. The van der Waals surface area contributed by atoms with Crippen molar-refractivity contribution >= 4 is 27.4 Å². The third-order valence-electron chi connectivity index (χ3n) is 2.08. The second kappa shape index (κ2) is 6.85. The molecule has 0 aromatic carbocycles. The molecule has 0 fully saturated rings. The maximum Gasteiger partial charge on any atom is 0.135 e. The second-order valence-electron chi connectivity index (χ2n) is 5.11. The topological polar surface area (TPSA) is 17.1 Å². The maximum atomic E-state index is 11.5. The third-order valence-corrected chi connectivity index (χ3v) is 6.02. The maximum absolute atomic E-state index is 11.5. The molecule has 0 saturated heterocycles. The number of carbonyl (C=O) groups excluding carboxylic acids is 1. The van der Waals surface area contributed by atoms with Crippen LogP contribution in [0.2, 0.25) is 0 Å². The predicted octanol–water partition coefficient (Wildman–Crippen LogP) is 4.56. The fourth-order valence-corrected chi connectivity index (χ4v) is 3.23. The minimum atomic E-state index is 0.184. The quantitative estimate of drug-likeness (QED) is 0.615. The van der Waals surface area contributed by atoms with E-state index in [1.54, 1.807) is 0 Å². The minimum Gasteiger partial charge on any atom is -0.299 e. The Balaban J connectivity index is 3.88. The molecule has 0 saturated carbocycles. The Labute approximate surface area is 103 Å². The average molecular weight is 248 g/mol. The standard InChI is InChI=1S/C12H24OS2/c1-9(2)11(13)7-8-12(5,6)15-14-10(3)4/h9-10H,7-8H2,1-6H3. The first-order valence-corrected chi connectivity index (χ1v) is 7.83. The van der Waals surface area contributed by atoms with Gasteiger partial charge >= 0.3 is 0 Å². The van der Waals surface area contributed by atoms with Crippen LogP contribution in [0.4, 0.5) is 0 Å². The second-order valence-corrected chi connectivity index (χ2v) is 8.59. The third kappa shape index (κ3) is 8.21. The summed E-state index contributed by atoms with van der Waals surface area (Å²) in [5.41, 5.74) is 0. The normalized spacial score (nSPS) is 12.5. The van der Waals surface area contributed by atoms with E-state index in [9.17, 15) is 4.79 Å². The molecule has 0 N–H and O–H groups in total. The molecule has 90 valence electrons. The molecule has 0 atom stereocenters. The SMILES string of the molecule is CC(C)SSC(C)(C)CCC(=O)C(C)C. The van der Waals surface area contributed by atoms with Gasteiger partial charge in [0, 0.05) is 22.3 Å². The Hall–Kier alpha value is 0.370. The Morgan fingerprint density at radius 3 is 2.13 bits per heavy atom. The fourth-order valence-electron chi connectivity index (χ4n) is 0.981. The molecular weight excluding hydrogens is 224 g/mol. The van der Waals surface area contributed by atoms with E-state index in [1.807, 2.05) is 35.4 Å². The molecule has 0 radical (unpaired) electrons. The predicted molar refractivity (Wildman–Crippen MR) is 73.5 cm³/mol. The van der Waals surface area contributed by atoms with E-state index in [2.05, 4.69) is 27.7 Å². The lowest BCUT2D eigenvalue weighted by Gasteiger charge is -2.24. The van der Waals surface area contributed by atoms with E-state index >= 15 is 0 Å². The van der Waals surface area contributed by atoms with Gasteiger partial charge in [0.25, 0.3) is 0 Å². The van der Waals surface area contributed by atoms with Crippen LogP contribution in [0, 0.1) is 5.92 Å². The molecule has 0 bridgehead atoms. The molecule has 3 heteroatoms. The van der Waals surface area contributed by atoms with Crippen LogP contribution in [0.15, 0.2) is 0 Å². The Bertz CT molecular complexity index is 198. The largest absolute Gasteiger partial charge is 0.299 e. The molecular formula is C12H24OS2. The summed E-state index contributed by atoms with van der Waals surface area (Å²) in [6, 6.07) is 0. The monoisotopic (exact) mass is 248 g/mol. The molecule has 0 rings (SSSR count). The number of hydrogen-bond acceptors (Lipinski definition) is 3. The first-order valence-electron chi connectivity index (χ1n) is 5.62. The Morgan fingerprint density at radius 2 is 1.73 bits per heavy atom. The molecule has 0 unspecified atom stereocenters. The van der Waals surface area contributed by atoms with Crippen LogP contribution in [0.5, 0.6) is 0 Å². The van der Waals surface area contributed by atoms with Gasteiger partial charge in [-0.05, 0) is 20.3 Å². The molecule has 0 aliphatic heterocycles. The summed E-state index contributed by atoms with van der Waals surface area (Å²) in [6.45, 7) is 12.8. The van der Waals surface area contributed by atoms with Gasteiger partial charge in [0.1, 0.15) is 5.78 Å². The van der Waals surface area contributed by atoms with Crippen molar-refractivity contribution in [3.8, 4) is 0 Å². The van der Waals surface area contributed by atoms with Gasteiger partial charge in [-0.3, -0.25) is 4.79 Å². The highest BCUT2D eigenvalue weighted by atomic mass is 33.1. The lowest BCUT2D eigenvalue weighted by atomic mass is 9.99. The van der Waals surface area contributed by atoms with E-state index in [4.69, 9.17) is 0 Å². The molecule has 0 aromatic rings. The highest BCUT2D eigenvalue weighted by Crippen LogP contribution is 2.41. The van der Waals surface area contributed by atoms with E-state index in [0.717, 1.165) is 12.8 Å². The molecule has 0 heterocycles. The van der Waals surface area contributed by atoms with Gasteiger partial charge in [0.15, 0.2) is 0 Å². The van der Waals surface area contributed by atoms with Crippen molar-refractivity contribution in [2.24, 2.45) is 5.92 Å². The van der Waals surface area contributed by atoms with Gasteiger partial charge in [-0.25, -0.2) is 0 Å². The summed E-state index contributed by atoms with van der Waals surface area (Å²) in [5, 5.41) is 0.648. The van der Waals surface area contributed by atoms with Gasteiger partial charge in [-0.2, -0.15) is 0 Å². The molecule has 0 spiro atoms. The van der Waals surface area contributed by atoms with Crippen LogP contribution in [-0.4, -0.2) is 15.8 Å². The first kappa shape index (κ1) is 15.4. The van der Waals surface area contributed by atoms with Gasteiger partial charge in [-0.15, -0.1) is 0 Å². The highest BCUT2D eigenvalue weighted by Gasteiger charge is 2.21.